The highest BCUT2D eigenvalue weighted by atomic mass is 14.9. The van der Waals surface area contributed by atoms with Gasteiger partial charge in [-0.05, 0) is 24.2 Å². The van der Waals surface area contributed by atoms with Crippen LogP contribution in [0.25, 0.3) is 0 Å². The topological polar surface area (TPSA) is 38.4 Å². The normalized spacial score (nSPS) is 45.7. The molecule has 0 radical (unpaired) electrons. The number of hydrogen-bond donors (Lipinski definition) is 1. The van der Waals surface area contributed by atoms with Crippen molar-refractivity contribution >= 4 is 5.84 Å². The van der Waals surface area contributed by atoms with Gasteiger partial charge >= 0.3 is 0 Å². The molecule has 0 aromatic rings. The summed E-state index contributed by atoms with van der Waals surface area (Å²) in [7, 11) is 0. The first kappa shape index (κ1) is 7.84. The Balaban J connectivity index is 2.29. The second kappa shape index (κ2) is 2.61. The van der Waals surface area contributed by atoms with Gasteiger partial charge in [0.1, 0.15) is 5.84 Å². The van der Waals surface area contributed by atoms with Crippen LogP contribution in [0.3, 0.4) is 0 Å². The summed E-state index contributed by atoms with van der Waals surface area (Å²) in [5, 5.41) is 0. The largest absolute Gasteiger partial charge is 0.387 e. The molecule has 1 fully saturated rings. The zero-order valence-corrected chi connectivity index (χ0v) is 7.70. The van der Waals surface area contributed by atoms with Gasteiger partial charge in [0.25, 0.3) is 0 Å². The van der Waals surface area contributed by atoms with Gasteiger partial charge in [0.15, 0.2) is 0 Å². The van der Waals surface area contributed by atoms with Crippen molar-refractivity contribution in [2.75, 3.05) is 0 Å². The minimum atomic E-state index is 0.519. The molecule has 0 amide bonds. The highest BCUT2D eigenvalue weighted by Crippen LogP contribution is 2.43. The Kier molecular flexibility index (Phi) is 1.71. The van der Waals surface area contributed by atoms with Gasteiger partial charge in [0.2, 0.25) is 0 Å². The lowest BCUT2D eigenvalue weighted by molar-refractivity contribution is 0.447. The first-order chi connectivity index (χ1) is 5.70. The predicted molar refractivity (Wildman–Crippen MR) is 50.7 cm³/mol. The van der Waals surface area contributed by atoms with Crippen molar-refractivity contribution < 1.29 is 0 Å². The molecule has 2 rings (SSSR count). The van der Waals surface area contributed by atoms with Gasteiger partial charge in [-0.1, -0.05) is 19.9 Å². The van der Waals surface area contributed by atoms with E-state index in [1.807, 2.05) is 6.20 Å². The summed E-state index contributed by atoms with van der Waals surface area (Å²) >= 11 is 0. The summed E-state index contributed by atoms with van der Waals surface area (Å²) in [4.78, 5) is 4.17. The molecule has 66 valence electrons. The van der Waals surface area contributed by atoms with Crippen LogP contribution in [0.4, 0.5) is 0 Å². The number of rotatable bonds is 0. The van der Waals surface area contributed by atoms with E-state index in [4.69, 9.17) is 5.73 Å². The van der Waals surface area contributed by atoms with Gasteiger partial charge in [-0.25, -0.2) is 4.99 Å². The van der Waals surface area contributed by atoms with Gasteiger partial charge in [-0.3, -0.25) is 0 Å². The molecule has 2 aliphatic rings. The van der Waals surface area contributed by atoms with Gasteiger partial charge in [0, 0.05) is 12.1 Å². The molecule has 1 aliphatic heterocycles. The van der Waals surface area contributed by atoms with E-state index in [1.54, 1.807) is 0 Å². The third kappa shape index (κ3) is 0.977. The fourth-order valence-electron chi connectivity index (χ4n) is 2.74. The Morgan fingerprint density at radius 2 is 2.17 bits per heavy atom. The van der Waals surface area contributed by atoms with Crippen LogP contribution in [-0.2, 0) is 0 Å². The average molecular weight is 164 g/mol. The quantitative estimate of drug-likeness (QED) is 0.582. The number of nitrogens with two attached hydrogens (primary N) is 1. The van der Waals surface area contributed by atoms with Crippen LogP contribution in [0, 0.1) is 23.7 Å². The molecule has 0 spiro atoms. The molecule has 12 heavy (non-hydrogen) atoms. The van der Waals surface area contributed by atoms with E-state index in [0.717, 1.165) is 11.8 Å². The summed E-state index contributed by atoms with van der Waals surface area (Å²) < 4.78 is 0. The first-order valence-electron chi connectivity index (χ1n) is 4.70. The van der Waals surface area contributed by atoms with Crippen LogP contribution in [0.2, 0.25) is 0 Å². The number of fused-ring (bicyclic) bond motifs is 1. The number of nitrogens with zero attached hydrogens (tertiary/aromatic N) is 1. The van der Waals surface area contributed by atoms with Gasteiger partial charge in [-0.15, -0.1) is 0 Å². The minimum absolute atomic E-state index is 0.519. The van der Waals surface area contributed by atoms with Crippen molar-refractivity contribution in [1.29, 1.82) is 0 Å². The molecule has 1 aliphatic carbocycles. The lowest BCUT2D eigenvalue weighted by Gasteiger charge is -2.23. The maximum Gasteiger partial charge on any atom is 0.103 e. The third-order valence-corrected chi connectivity index (χ3v) is 3.30. The van der Waals surface area contributed by atoms with Crippen molar-refractivity contribution in [3.05, 3.63) is 12.3 Å². The van der Waals surface area contributed by atoms with Crippen molar-refractivity contribution in [1.82, 2.24) is 0 Å². The molecular formula is C10H16N2. The summed E-state index contributed by atoms with van der Waals surface area (Å²) in [6.45, 7) is 4.59. The van der Waals surface area contributed by atoms with Gasteiger partial charge in [-0.2, -0.15) is 0 Å². The number of amidine groups is 1. The Labute approximate surface area is 73.6 Å². The molecule has 2 nitrogen and oxygen atoms in total. The van der Waals surface area contributed by atoms with Crippen molar-refractivity contribution in [3.8, 4) is 0 Å². The second-order valence-electron chi connectivity index (χ2n) is 4.19. The first-order valence-corrected chi connectivity index (χ1v) is 4.70. The van der Waals surface area contributed by atoms with E-state index in [1.165, 1.54) is 6.42 Å². The van der Waals surface area contributed by atoms with Crippen LogP contribution in [0.15, 0.2) is 17.3 Å². The lowest BCUT2D eigenvalue weighted by Crippen LogP contribution is -2.32. The molecule has 4 atom stereocenters. The van der Waals surface area contributed by atoms with E-state index in [2.05, 4.69) is 24.9 Å². The molecule has 2 heteroatoms. The zero-order valence-electron chi connectivity index (χ0n) is 7.70. The van der Waals surface area contributed by atoms with E-state index in [0.29, 0.717) is 17.8 Å². The van der Waals surface area contributed by atoms with Crippen LogP contribution >= 0.6 is 0 Å². The number of allylic oxidation sites excluding steroid dienone is 1. The molecule has 0 saturated heterocycles. The van der Waals surface area contributed by atoms with Crippen molar-refractivity contribution in [2.24, 2.45) is 34.4 Å². The zero-order chi connectivity index (χ0) is 8.72. The van der Waals surface area contributed by atoms with E-state index in [9.17, 15) is 0 Å². The highest BCUT2D eigenvalue weighted by molar-refractivity contribution is 5.85. The highest BCUT2D eigenvalue weighted by Gasteiger charge is 2.40. The monoisotopic (exact) mass is 164 g/mol. The van der Waals surface area contributed by atoms with Crippen LogP contribution in [0.1, 0.15) is 20.3 Å². The lowest BCUT2D eigenvalue weighted by atomic mass is 9.86. The summed E-state index contributed by atoms with van der Waals surface area (Å²) in [6, 6.07) is 0. The summed E-state index contributed by atoms with van der Waals surface area (Å²) in [5.41, 5.74) is 5.87. The predicted octanol–water partition coefficient (Wildman–Crippen LogP) is 1.78. The molecule has 0 bridgehead atoms. The number of aliphatic imine (C=N–C) groups is 1. The maximum atomic E-state index is 5.87. The van der Waals surface area contributed by atoms with E-state index >= 15 is 0 Å². The fraction of sp³-hybridized carbons (Fsp3) is 0.700. The van der Waals surface area contributed by atoms with Crippen molar-refractivity contribution in [3.63, 3.8) is 0 Å². The molecular weight excluding hydrogens is 148 g/mol. The summed E-state index contributed by atoms with van der Waals surface area (Å²) in [5.74, 6) is 3.50. The average Bonchev–Trinajstić information content (AvgIpc) is 2.29. The second-order valence-corrected chi connectivity index (χ2v) is 4.19. The standard InChI is InChI=1S/C10H16N2/c1-6-5-7(2)9-8(6)3-4-12-10(9)11/h3-4,6-9H,5H2,1-2H3,(H2,11,12). The molecule has 2 N–H and O–H groups in total. The fourth-order valence-corrected chi connectivity index (χ4v) is 2.74. The minimum Gasteiger partial charge on any atom is -0.387 e. The summed E-state index contributed by atoms with van der Waals surface area (Å²) in [6.07, 6.45) is 5.37. The Morgan fingerprint density at radius 3 is 2.83 bits per heavy atom. The van der Waals surface area contributed by atoms with Crippen LogP contribution in [-0.4, -0.2) is 5.84 Å². The Morgan fingerprint density at radius 1 is 1.42 bits per heavy atom. The molecule has 0 aromatic heterocycles. The Bertz CT molecular complexity index is 242. The molecule has 1 saturated carbocycles. The Hall–Kier alpha value is -0.790. The van der Waals surface area contributed by atoms with Crippen LogP contribution in [0.5, 0.6) is 0 Å². The van der Waals surface area contributed by atoms with Crippen LogP contribution < -0.4 is 5.73 Å². The van der Waals surface area contributed by atoms with E-state index < -0.39 is 0 Å². The van der Waals surface area contributed by atoms with Gasteiger partial charge < -0.3 is 5.73 Å². The maximum absolute atomic E-state index is 5.87. The third-order valence-electron chi connectivity index (χ3n) is 3.30. The molecule has 0 aromatic carbocycles. The van der Waals surface area contributed by atoms with Crippen molar-refractivity contribution in [2.45, 2.75) is 20.3 Å². The van der Waals surface area contributed by atoms with E-state index in [-0.39, 0.29) is 0 Å². The number of hydrogen-bond acceptors (Lipinski definition) is 2. The molecule has 4 unspecified atom stereocenters. The molecule has 1 heterocycles. The van der Waals surface area contributed by atoms with Gasteiger partial charge in [0.05, 0.1) is 0 Å². The SMILES string of the molecule is CC1CC(C)C2C(N)=NC=CC12. The smallest absolute Gasteiger partial charge is 0.103 e.